The van der Waals surface area contributed by atoms with Crippen LogP contribution in [0.2, 0.25) is 0 Å². The number of nitrogens with one attached hydrogen (secondary N) is 1. The van der Waals surface area contributed by atoms with E-state index >= 15 is 0 Å². The Labute approximate surface area is 177 Å². The number of nitrogens with two attached hydrogens (primary N) is 1. The highest BCUT2D eigenvalue weighted by Gasteiger charge is 2.32. The second-order valence-electron chi connectivity index (χ2n) is 7.19. The van der Waals surface area contributed by atoms with Crippen molar-refractivity contribution < 1.29 is 17.9 Å². The van der Waals surface area contributed by atoms with Gasteiger partial charge < -0.3 is 15.0 Å². The van der Waals surface area contributed by atoms with Crippen molar-refractivity contribution in [1.29, 1.82) is 0 Å². The van der Waals surface area contributed by atoms with Crippen LogP contribution in [0.25, 0.3) is 0 Å². The lowest BCUT2D eigenvalue weighted by molar-refractivity contribution is -0.116. The van der Waals surface area contributed by atoms with Crippen molar-refractivity contribution in [3.05, 3.63) is 54.6 Å². The molecule has 1 aliphatic rings. The molecule has 0 aromatic heterocycles. The average molecular weight is 433 g/mol. The number of benzene rings is 2. The number of para-hydroxylation sites is 3. The van der Waals surface area contributed by atoms with Crippen LogP contribution < -0.4 is 20.1 Å². The summed E-state index contributed by atoms with van der Waals surface area (Å²) in [5.41, 5.74) is 1.66. The molecule has 1 aliphatic heterocycles. The second kappa shape index (κ2) is 9.92. The van der Waals surface area contributed by atoms with Crippen molar-refractivity contribution in [3.8, 4) is 5.75 Å². The minimum Gasteiger partial charge on any atom is -0.495 e. The Morgan fingerprint density at radius 1 is 1.07 bits per heavy atom. The molecule has 1 heterocycles. The minimum absolute atomic E-state index is 0.0721. The zero-order chi connectivity index (χ0) is 21.6. The normalized spacial score (nSPS) is 16.1. The number of anilines is 2. The number of rotatable bonds is 8. The number of amides is 1. The Kier molecular flexibility index (Phi) is 7.30. The van der Waals surface area contributed by atoms with Gasteiger partial charge in [0, 0.05) is 38.3 Å². The van der Waals surface area contributed by atoms with Gasteiger partial charge in [0.15, 0.2) is 0 Å². The molecule has 3 rings (SSSR count). The molecule has 1 amide bonds. The van der Waals surface area contributed by atoms with Gasteiger partial charge >= 0.3 is 0 Å². The average Bonchev–Trinajstić information content (AvgIpc) is 2.74. The van der Waals surface area contributed by atoms with Gasteiger partial charge in [0.2, 0.25) is 15.9 Å². The first-order valence-corrected chi connectivity index (χ1v) is 11.5. The van der Waals surface area contributed by atoms with Crippen molar-refractivity contribution in [2.75, 3.05) is 43.5 Å². The maximum atomic E-state index is 12.2. The Hall–Kier alpha value is -2.62. The standard InChI is InChI=1S/C21H28N4O4S/c1-29-19-10-6-5-9-18(19)24-13-15-25(16-14-24)21(30(22,27)28)12-11-20(26)23-17-7-3-2-4-8-17/h2-10,21H,11-16H2,1H3,(H,23,26)(H2,22,27,28). The van der Waals surface area contributed by atoms with Gasteiger partial charge in [-0.2, -0.15) is 0 Å². The Bertz CT molecular complexity index is 944. The monoisotopic (exact) mass is 432 g/mol. The summed E-state index contributed by atoms with van der Waals surface area (Å²) in [5.74, 6) is 0.550. The molecular weight excluding hydrogens is 404 g/mol. The molecule has 162 valence electrons. The highest BCUT2D eigenvalue weighted by atomic mass is 32.2. The first-order valence-electron chi connectivity index (χ1n) is 9.87. The van der Waals surface area contributed by atoms with Crippen molar-refractivity contribution in [1.82, 2.24) is 4.90 Å². The van der Waals surface area contributed by atoms with Gasteiger partial charge in [-0.25, -0.2) is 13.6 Å². The van der Waals surface area contributed by atoms with E-state index in [1.165, 1.54) is 0 Å². The minimum atomic E-state index is -3.83. The molecule has 9 heteroatoms. The van der Waals surface area contributed by atoms with Gasteiger partial charge in [-0.3, -0.25) is 9.69 Å². The number of ether oxygens (including phenoxy) is 1. The van der Waals surface area contributed by atoms with Crippen LogP contribution in [0.5, 0.6) is 5.75 Å². The van der Waals surface area contributed by atoms with Crippen molar-refractivity contribution in [2.24, 2.45) is 5.14 Å². The predicted octanol–water partition coefficient (Wildman–Crippen LogP) is 1.85. The number of sulfonamides is 1. The highest BCUT2D eigenvalue weighted by Crippen LogP contribution is 2.29. The van der Waals surface area contributed by atoms with E-state index in [9.17, 15) is 13.2 Å². The largest absolute Gasteiger partial charge is 0.495 e. The highest BCUT2D eigenvalue weighted by molar-refractivity contribution is 7.89. The SMILES string of the molecule is COc1ccccc1N1CCN(C(CCC(=O)Nc2ccccc2)S(N)(=O)=O)CC1. The number of nitrogens with zero attached hydrogens (tertiary/aromatic N) is 2. The molecule has 2 aromatic carbocycles. The lowest BCUT2D eigenvalue weighted by atomic mass is 10.2. The third kappa shape index (κ3) is 5.71. The number of methoxy groups -OCH3 is 1. The van der Waals surface area contributed by atoms with E-state index in [1.54, 1.807) is 19.2 Å². The van der Waals surface area contributed by atoms with E-state index in [1.807, 2.05) is 47.4 Å². The van der Waals surface area contributed by atoms with Crippen LogP contribution >= 0.6 is 0 Å². The van der Waals surface area contributed by atoms with Crippen LogP contribution in [0.3, 0.4) is 0 Å². The predicted molar refractivity (Wildman–Crippen MR) is 118 cm³/mol. The molecule has 0 bridgehead atoms. The quantitative estimate of drug-likeness (QED) is 0.660. The third-order valence-electron chi connectivity index (χ3n) is 5.20. The number of carbonyl (C=O) groups is 1. The van der Waals surface area contributed by atoms with E-state index in [0.29, 0.717) is 31.9 Å². The summed E-state index contributed by atoms with van der Waals surface area (Å²) in [7, 11) is -2.19. The van der Waals surface area contributed by atoms with Crippen molar-refractivity contribution in [3.63, 3.8) is 0 Å². The molecule has 1 unspecified atom stereocenters. The zero-order valence-corrected chi connectivity index (χ0v) is 17.8. The molecule has 0 spiro atoms. The van der Waals surface area contributed by atoms with Gasteiger partial charge in [0.25, 0.3) is 0 Å². The Balaban J connectivity index is 1.59. The third-order valence-corrected chi connectivity index (χ3v) is 6.49. The van der Waals surface area contributed by atoms with E-state index in [4.69, 9.17) is 9.88 Å². The molecule has 0 aliphatic carbocycles. The van der Waals surface area contributed by atoms with Crippen LogP contribution in [0, 0.1) is 0 Å². The molecule has 1 atom stereocenters. The fourth-order valence-electron chi connectivity index (χ4n) is 3.70. The molecule has 3 N–H and O–H groups in total. The van der Waals surface area contributed by atoms with Crippen LogP contribution in [-0.2, 0) is 14.8 Å². The molecule has 30 heavy (non-hydrogen) atoms. The van der Waals surface area contributed by atoms with E-state index < -0.39 is 15.4 Å². The first-order chi connectivity index (χ1) is 14.4. The number of hydrogen-bond donors (Lipinski definition) is 2. The van der Waals surface area contributed by atoms with Crippen molar-refractivity contribution >= 4 is 27.3 Å². The maximum absolute atomic E-state index is 12.2. The van der Waals surface area contributed by atoms with E-state index in [0.717, 1.165) is 11.4 Å². The summed E-state index contributed by atoms with van der Waals surface area (Å²) in [6.07, 6.45) is 0.217. The van der Waals surface area contributed by atoms with Crippen molar-refractivity contribution in [2.45, 2.75) is 18.2 Å². The van der Waals surface area contributed by atoms with Gasteiger partial charge in [0.1, 0.15) is 11.1 Å². The molecule has 1 saturated heterocycles. The number of hydrogen-bond acceptors (Lipinski definition) is 6. The molecule has 0 saturated carbocycles. The van der Waals surface area contributed by atoms with Crippen LogP contribution in [0.4, 0.5) is 11.4 Å². The number of primary sulfonamides is 1. The summed E-state index contributed by atoms with van der Waals surface area (Å²) < 4.78 is 29.9. The number of carbonyl (C=O) groups excluding carboxylic acids is 1. The topological polar surface area (TPSA) is 105 Å². The van der Waals surface area contributed by atoms with Gasteiger partial charge in [-0.15, -0.1) is 0 Å². The summed E-state index contributed by atoms with van der Waals surface area (Å²) >= 11 is 0. The summed E-state index contributed by atoms with van der Waals surface area (Å²) in [5, 5.41) is 7.39. The van der Waals surface area contributed by atoms with Crippen LogP contribution in [0.1, 0.15) is 12.8 Å². The van der Waals surface area contributed by atoms with Gasteiger partial charge in [0.05, 0.1) is 12.8 Å². The molecule has 0 radical (unpaired) electrons. The fraction of sp³-hybridized carbons (Fsp3) is 0.381. The van der Waals surface area contributed by atoms with E-state index in [-0.39, 0.29) is 18.7 Å². The summed E-state index contributed by atoms with van der Waals surface area (Å²) in [4.78, 5) is 16.3. The summed E-state index contributed by atoms with van der Waals surface area (Å²) in [6.45, 7) is 2.34. The molecule has 8 nitrogen and oxygen atoms in total. The molecule has 2 aromatic rings. The number of piperazine rings is 1. The van der Waals surface area contributed by atoms with Gasteiger partial charge in [-0.05, 0) is 30.7 Å². The lowest BCUT2D eigenvalue weighted by Crippen LogP contribution is -2.54. The Morgan fingerprint density at radius 2 is 1.70 bits per heavy atom. The molecular formula is C21H28N4O4S. The lowest BCUT2D eigenvalue weighted by Gasteiger charge is -2.39. The second-order valence-corrected chi connectivity index (χ2v) is 8.91. The Morgan fingerprint density at radius 3 is 2.33 bits per heavy atom. The van der Waals surface area contributed by atoms with E-state index in [2.05, 4.69) is 10.2 Å². The fourth-order valence-corrected chi connectivity index (χ4v) is 4.77. The zero-order valence-electron chi connectivity index (χ0n) is 17.0. The first kappa shape index (κ1) is 22.1. The smallest absolute Gasteiger partial charge is 0.225 e. The maximum Gasteiger partial charge on any atom is 0.225 e. The summed E-state index contributed by atoms with van der Waals surface area (Å²) in [6, 6.07) is 16.8. The van der Waals surface area contributed by atoms with Crippen LogP contribution in [0.15, 0.2) is 54.6 Å². The van der Waals surface area contributed by atoms with Crippen LogP contribution in [-0.4, -0.2) is 57.9 Å². The molecule has 1 fully saturated rings. The van der Waals surface area contributed by atoms with Gasteiger partial charge in [-0.1, -0.05) is 30.3 Å².